The van der Waals surface area contributed by atoms with Crippen LogP contribution in [0.15, 0.2) is 72.1 Å². The molecular weight excluding hydrogens is 487 g/mol. The van der Waals surface area contributed by atoms with Crippen LogP contribution in [0, 0.1) is 5.92 Å². The molecule has 3 rings (SSSR count). The average Bonchev–Trinajstić information content (AvgIpc) is 3.36. The fourth-order valence-electron chi connectivity index (χ4n) is 3.59. The predicted octanol–water partition coefficient (Wildman–Crippen LogP) is 6.88. The van der Waals surface area contributed by atoms with Crippen LogP contribution in [0.5, 0.6) is 0 Å². The van der Waals surface area contributed by atoms with Gasteiger partial charge in [-0.3, -0.25) is 4.79 Å². The second kappa shape index (κ2) is 12.6. The first-order valence-corrected chi connectivity index (χ1v) is 12.6. The van der Waals surface area contributed by atoms with Crippen molar-refractivity contribution in [2.75, 3.05) is 18.4 Å². The molecule has 192 valence electrons. The van der Waals surface area contributed by atoms with Crippen LogP contribution in [0.2, 0.25) is 0 Å². The summed E-state index contributed by atoms with van der Waals surface area (Å²) < 4.78 is 39.3. The Balaban J connectivity index is 1.78. The van der Waals surface area contributed by atoms with E-state index >= 15 is 0 Å². The summed E-state index contributed by atoms with van der Waals surface area (Å²) in [6.07, 6.45) is -3.74. The van der Waals surface area contributed by atoms with Crippen molar-refractivity contribution in [3.63, 3.8) is 0 Å². The van der Waals surface area contributed by atoms with Crippen LogP contribution in [0.25, 0.3) is 0 Å². The molecule has 0 saturated heterocycles. The largest absolute Gasteiger partial charge is 0.416 e. The summed E-state index contributed by atoms with van der Waals surface area (Å²) in [5.74, 6) is -0.139. The molecule has 1 N–H and O–H groups in total. The number of halogens is 3. The Morgan fingerprint density at radius 3 is 2.36 bits per heavy atom. The SMILES string of the molecule is CCC(C)CN(CC(=O)N(Cc1ccccc1)Cc1cccs1)C(=O)Nc1cccc(C(F)(F)F)c1. The second-order valence-corrected chi connectivity index (χ2v) is 9.75. The van der Waals surface area contributed by atoms with Gasteiger partial charge < -0.3 is 15.1 Å². The van der Waals surface area contributed by atoms with Crippen molar-refractivity contribution in [2.24, 2.45) is 5.92 Å². The number of hydrogen-bond donors (Lipinski definition) is 1. The van der Waals surface area contributed by atoms with E-state index in [4.69, 9.17) is 0 Å². The van der Waals surface area contributed by atoms with E-state index in [0.29, 0.717) is 19.6 Å². The van der Waals surface area contributed by atoms with Gasteiger partial charge in [-0.25, -0.2) is 4.79 Å². The molecule has 0 saturated carbocycles. The van der Waals surface area contributed by atoms with Crippen LogP contribution in [-0.2, 0) is 24.1 Å². The lowest BCUT2D eigenvalue weighted by molar-refractivity contribution is -0.137. The van der Waals surface area contributed by atoms with Gasteiger partial charge in [0.1, 0.15) is 6.54 Å². The third kappa shape index (κ3) is 8.12. The van der Waals surface area contributed by atoms with Gasteiger partial charge in [0.15, 0.2) is 0 Å². The van der Waals surface area contributed by atoms with Crippen molar-refractivity contribution >= 4 is 29.0 Å². The number of benzene rings is 2. The number of hydrogen-bond acceptors (Lipinski definition) is 3. The van der Waals surface area contributed by atoms with Gasteiger partial charge in [0, 0.05) is 23.7 Å². The van der Waals surface area contributed by atoms with Gasteiger partial charge in [0.25, 0.3) is 0 Å². The number of carbonyl (C=O) groups excluding carboxylic acids is 2. The zero-order chi connectivity index (χ0) is 26.1. The standard InChI is InChI=1S/C27H30F3N3O2S/c1-3-20(2)16-33(26(35)31-23-12-7-11-22(15-23)27(28,29)30)19-25(34)32(18-24-13-8-14-36-24)17-21-9-5-4-6-10-21/h4-15,20H,3,16-19H2,1-2H3,(H,31,35). The molecule has 1 aromatic heterocycles. The number of amides is 3. The minimum Gasteiger partial charge on any atom is -0.332 e. The molecule has 0 aliphatic rings. The molecule has 9 heteroatoms. The second-order valence-electron chi connectivity index (χ2n) is 8.72. The van der Waals surface area contributed by atoms with Crippen molar-refractivity contribution in [3.8, 4) is 0 Å². The van der Waals surface area contributed by atoms with Gasteiger partial charge in [-0.05, 0) is 41.1 Å². The summed E-state index contributed by atoms with van der Waals surface area (Å²) in [5.41, 5.74) is 0.135. The number of thiophene rings is 1. The molecular formula is C27H30F3N3O2S. The molecule has 2 aromatic carbocycles. The number of alkyl halides is 3. The first kappa shape index (κ1) is 27.3. The third-order valence-electron chi connectivity index (χ3n) is 5.78. The normalized spacial score (nSPS) is 12.1. The van der Waals surface area contributed by atoms with Gasteiger partial charge in [-0.1, -0.05) is 62.7 Å². The average molecular weight is 518 g/mol. The van der Waals surface area contributed by atoms with Gasteiger partial charge in [-0.15, -0.1) is 11.3 Å². The highest BCUT2D eigenvalue weighted by atomic mass is 32.1. The van der Waals surface area contributed by atoms with Crippen molar-refractivity contribution in [1.29, 1.82) is 0 Å². The Kier molecular flexibility index (Phi) is 9.52. The van der Waals surface area contributed by atoms with E-state index in [2.05, 4.69) is 5.32 Å². The van der Waals surface area contributed by atoms with Gasteiger partial charge in [0.05, 0.1) is 12.1 Å². The van der Waals surface area contributed by atoms with Gasteiger partial charge in [-0.2, -0.15) is 13.2 Å². The highest BCUT2D eigenvalue weighted by Crippen LogP contribution is 2.30. The summed E-state index contributed by atoms with van der Waals surface area (Å²) in [7, 11) is 0. The number of carbonyl (C=O) groups is 2. The lowest BCUT2D eigenvalue weighted by atomic mass is 10.1. The van der Waals surface area contributed by atoms with Crippen LogP contribution in [0.1, 0.15) is 36.3 Å². The fraction of sp³-hybridized carbons (Fsp3) is 0.333. The smallest absolute Gasteiger partial charge is 0.332 e. The highest BCUT2D eigenvalue weighted by Gasteiger charge is 2.31. The number of nitrogens with zero attached hydrogens (tertiary/aromatic N) is 2. The van der Waals surface area contributed by atoms with E-state index in [1.54, 1.807) is 16.2 Å². The Morgan fingerprint density at radius 1 is 0.972 bits per heavy atom. The molecule has 0 bridgehead atoms. The lowest BCUT2D eigenvalue weighted by Gasteiger charge is -2.29. The summed E-state index contributed by atoms with van der Waals surface area (Å²) in [6, 6.07) is 17.3. The van der Waals surface area contributed by atoms with E-state index in [-0.39, 0.29) is 24.1 Å². The Morgan fingerprint density at radius 2 is 1.72 bits per heavy atom. The molecule has 3 aromatic rings. The van der Waals surface area contributed by atoms with Crippen molar-refractivity contribution < 1.29 is 22.8 Å². The first-order chi connectivity index (χ1) is 17.2. The summed E-state index contributed by atoms with van der Waals surface area (Å²) >= 11 is 1.55. The maximum absolute atomic E-state index is 13.5. The quantitative estimate of drug-likeness (QED) is 0.319. The van der Waals surface area contributed by atoms with E-state index in [1.165, 1.54) is 17.0 Å². The van der Waals surface area contributed by atoms with Crippen LogP contribution in [0.4, 0.5) is 23.7 Å². The first-order valence-electron chi connectivity index (χ1n) is 11.7. The third-order valence-corrected chi connectivity index (χ3v) is 6.64. The minimum absolute atomic E-state index is 0.0242. The molecule has 5 nitrogen and oxygen atoms in total. The lowest BCUT2D eigenvalue weighted by Crippen LogP contribution is -2.45. The monoisotopic (exact) mass is 517 g/mol. The molecule has 0 radical (unpaired) electrons. The fourth-order valence-corrected chi connectivity index (χ4v) is 4.31. The summed E-state index contributed by atoms with van der Waals surface area (Å²) in [4.78, 5) is 30.7. The number of nitrogens with one attached hydrogen (secondary N) is 1. The van der Waals surface area contributed by atoms with Gasteiger partial charge >= 0.3 is 12.2 Å². The topological polar surface area (TPSA) is 52.7 Å². The predicted molar refractivity (Wildman–Crippen MR) is 137 cm³/mol. The van der Waals surface area contributed by atoms with E-state index < -0.39 is 17.8 Å². The van der Waals surface area contributed by atoms with Gasteiger partial charge in [0.2, 0.25) is 5.91 Å². The maximum atomic E-state index is 13.5. The van der Waals surface area contributed by atoms with E-state index in [0.717, 1.165) is 29.0 Å². The molecule has 0 aliphatic heterocycles. The van der Waals surface area contributed by atoms with E-state index in [9.17, 15) is 22.8 Å². The van der Waals surface area contributed by atoms with Crippen LogP contribution >= 0.6 is 11.3 Å². The Labute approximate surface area is 213 Å². The Bertz CT molecular complexity index is 1120. The molecule has 1 atom stereocenters. The summed E-state index contributed by atoms with van der Waals surface area (Å²) in [6.45, 7) is 4.83. The molecule has 0 aliphatic carbocycles. The van der Waals surface area contributed by atoms with Crippen LogP contribution < -0.4 is 5.32 Å². The maximum Gasteiger partial charge on any atom is 0.416 e. The van der Waals surface area contributed by atoms with E-state index in [1.807, 2.05) is 61.7 Å². The Hall–Kier alpha value is -3.33. The van der Waals surface area contributed by atoms with Crippen molar-refractivity contribution in [1.82, 2.24) is 9.80 Å². The zero-order valence-corrected chi connectivity index (χ0v) is 21.1. The minimum atomic E-state index is -4.52. The van der Waals surface area contributed by atoms with Crippen molar-refractivity contribution in [2.45, 2.75) is 39.5 Å². The highest BCUT2D eigenvalue weighted by molar-refractivity contribution is 7.09. The van der Waals surface area contributed by atoms with Crippen LogP contribution in [0.3, 0.4) is 0 Å². The zero-order valence-electron chi connectivity index (χ0n) is 20.3. The molecule has 36 heavy (non-hydrogen) atoms. The summed E-state index contributed by atoms with van der Waals surface area (Å²) in [5, 5.41) is 4.48. The molecule has 3 amide bonds. The number of urea groups is 1. The molecule has 1 heterocycles. The molecule has 0 fully saturated rings. The molecule has 0 spiro atoms. The number of rotatable bonds is 10. The number of anilines is 1. The van der Waals surface area contributed by atoms with Crippen LogP contribution in [-0.4, -0.2) is 34.8 Å². The van der Waals surface area contributed by atoms with Crippen molar-refractivity contribution in [3.05, 3.63) is 88.1 Å². The molecule has 1 unspecified atom stereocenters.